The van der Waals surface area contributed by atoms with Crippen LogP contribution in [0.2, 0.25) is 0 Å². The minimum atomic E-state index is 0.121. The van der Waals surface area contributed by atoms with Crippen LogP contribution < -0.4 is 0 Å². The second kappa shape index (κ2) is 13.3. The van der Waals surface area contributed by atoms with Gasteiger partial charge in [0, 0.05) is 38.5 Å². The van der Waals surface area contributed by atoms with E-state index < -0.39 is 0 Å². The highest BCUT2D eigenvalue weighted by molar-refractivity contribution is 6.16. The molecule has 1 atom stereocenters. The molecule has 0 N–H and O–H groups in total. The lowest BCUT2D eigenvalue weighted by molar-refractivity contribution is 1.03. The molecule has 1 aliphatic carbocycles. The van der Waals surface area contributed by atoms with E-state index in [2.05, 4.69) is 234 Å². The molecule has 2 nitrogen and oxygen atoms in total. The first-order chi connectivity index (χ1) is 30.3. The molecule has 1 aliphatic rings. The van der Waals surface area contributed by atoms with Crippen molar-refractivity contribution >= 4 is 54.4 Å². The standard InChI is InChI=1S/C59H38N2/c1-3-14-38(15-4-1)39-26-30-44(31-27-39)60-55-34-29-43(37-51(55)58-56(60)35-32-49-46-21-9-10-23-48(46)57(59(49)58)41-17-5-2-6-18-41)42-28-33-54-50(36-42)47-22-11-12-24-53(47)61(54)52-25-13-19-40-16-7-8-20-45(40)52/h1-37,57H. The van der Waals surface area contributed by atoms with E-state index in [4.69, 9.17) is 0 Å². The molecule has 0 fully saturated rings. The van der Waals surface area contributed by atoms with Gasteiger partial charge in [-0.25, -0.2) is 0 Å². The van der Waals surface area contributed by atoms with Crippen LogP contribution in [0.15, 0.2) is 224 Å². The van der Waals surface area contributed by atoms with Crippen molar-refractivity contribution in [2.24, 2.45) is 0 Å². The number of fused-ring (bicyclic) bond motifs is 11. The highest BCUT2D eigenvalue weighted by Crippen LogP contribution is 2.53. The van der Waals surface area contributed by atoms with Crippen molar-refractivity contribution < 1.29 is 0 Å². The molecule has 10 aromatic carbocycles. The largest absolute Gasteiger partial charge is 0.309 e. The number of hydrogen-bond donors (Lipinski definition) is 0. The first-order valence-electron chi connectivity index (χ1n) is 21.2. The van der Waals surface area contributed by atoms with E-state index in [1.165, 1.54) is 110 Å². The Labute approximate surface area is 353 Å². The van der Waals surface area contributed by atoms with Crippen LogP contribution in [0.25, 0.3) is 99.1 Å². The predicted molar refractivity (Wildman–Crippen MR) is 256 cm³/mol. The molecule has 13 rings (SSSR count). The summed E-state index contributed by atoms with van der Waals surface area (Å²) in [6, 6.07) is 82.9. The molecule has 2 heteroatoms. The summed E-state index contributed by atoms with van der Waals surface area (Å²) in [5.41, 5.74) is 18.8. The fraction of sp³-hybridized carbons (Fsp3) is 0.0169. The minimum absolute atomic E-state index is 0.121. The zero-order valence-electron chi connectivity index (χ0n) is 33.3. The first kappa shape index (κ1) is 34.0. The van der Waals surface area contributed by atoms with Gasteiger partial charge in [0.2, 0.25) is 0 Å². The summed E-state index contributed by atoms with van der Waals surface area (Å²) >= 11 is 0. The van der Waals surface area contributed by atoms with Gasteiger partial charge in [0.1, 0.15) is 0 Å². The summed E-state index contributed by atoms with van der Waals surface area (Å²) in [5.74, 6) is 0.121. The average Bonchev–Trinajstić information content (AvgIpc) is 3.97. The van der Waals surface area contributed by atoms with Crippen molar-refractivity contribution in [3.63, 3.8) is 0 Å². The van der Waals surface area contributed by atoms with E-state index in [-0.39, 0.29) is 5.92 Å². The second-order valence-electron chi connectivity index (χ2n) is 16.4. The number of aromatic nitrogens is 2. The van der Waals surface area contributed by atoms with Crippen LogP contribution in [0.1, 0.15) is 22.6 Å². The fourth-order valence-electron chi connectivity index (χ4n) is 10.5. The fourth-order valence-corrected chi connectivity index (χ4v) is 10.5. The van der Waals surface area contributed by atoms with Gasteiger partial charge in [0.05, 0.1) is 27.8 Å². The lowest BCUT2D eigenvalue weighted by atomic mass is 9.87. The highest BCUT2D eigenvalue weighted by Gasteiger charge is 2.33. The van der Waals surface area contributed by atoms with E-state index in [0.29, 0.717) is 0 Å². The summed E-state index contributed by atoms with van der Waals surface area (Å²) < 4.78 is 4.93. The smallest absolute Gasteiger partial charge is 0.0544 e. The Kier molecular flexibility index (Phi) is 7.40. The number of benzene rings is 10. The van der Waals surface area contributed by atoms with Gasteiger partial charge in [-0.3, -0.25) is 0 Å². The molecule has 0 spiro atoms. The van der Waals surface area contributed by atoms with Crippen molar-refractivity contribution in [3.8, 4) is 44.8 Å². The van der Waals surface area contributed by atoms with Gasteiger partial charge in [0.15, 0.2) is 0 Å². The van der Waals surface area contributed by atoms with E-state index >= 15 is 0 Å². The van der Waals surface area contributed by atoms with E-state index in [0.717, 1.165) is 5.69 Å². The number of hydrogen-bond acceptors (Lipinski definition) is 0. The maximum Gasteiger partial charge on any atom is 0.0544 e. The van der Waals surface area contributed by atoms with Crippen LogP contribution in [0.5, 0.6) is 0 Å². The Morgan fingerprint density at radius 3 is 1.74 bits per heavy atom. The molecule has 0 aliphatic heterocycles. The van der Waals surface area contributed by atoms with Crippen LogP contribution in [0.4, 0.5) is 0 Å². The zero-order valence-corrected chi connectivity index (χ0v) is 33.3. The lowest BCUT2D eigenvalue weighted by Gasteiger charge is -2.16. The van der Waals surface area contributed by atoms with Gasteiger partial charge in [-0.15, -0.1) is 0 Å². The number of para-hydroxylation sites is 1. The van der Waals surface area contributed by atoms with Crippen molar-refractivity contribution in [2.75, 3.05) is 0 Å². The quantitative estimate of drug-likeness (QED) is 0.165. The van der Waals surface area contributed by atoms with Crippen molar-refractivity contribution in [2.45, 2.75) is 5.92 Å². The monoisotopic (exact) mass is 774 g/mol. The topological polar surface area (TPSA) is 9.86 Å². The molecule has 2 aromatic heterocycles. The Balaban J connectivity index is 1.06. The molecular formula is C59H38N2. The molecule has 0 bridgehead atoms. The summed E-state index contributed by atoms with van der Waals surface area (Å²) in [4.78, 5) is 0. The Morgan fingerprint density at radius 1 is 0.328 bits per heavy atom. The minimum Gasteiger partial charge on any atom is -0.309 e. The summed E-state index contributed by atoms with van der Waals surface area (Å²) in [6.45, 7) is 0. The van der Waals surface area contributed by atoms with Crippen molar-refractivity contribution in [1.29, 1.82) is 0 Å². The predicted octanol–water partition coefficient (Wildman–Crippen LogP) is 15.5. The molecular weight excluding hydrogens is 737 g/mol. The molecule has 1 unspecified atom stereocenters. The van der Waals surface area contributed by atoms with Crippen LogP contribution in [-0.4, -0.2) is 9.13 Å². The van der Waals surface area contributed by atoms with Gasteiger partial charge in [-0.2, -0.15) is 0 Å². The molecule has 0 saturated carbocycles. The Hall–Kier alpha value is -7.94. The Bertz CT molecular complexity index is 3680. The molecule has 12 aromatic rings. The molecule has 61 heavy (non-hydrogen) atoms. The van der Waals surface area contributed by atoms with Crippen LogP contribution in [0.3, 0.4) is 0 Å². The van der Waals surface area contributed by atoms with Gasteiger partial charge in [-0.1, -0.05) is 170 Å². The zero-order chi connectivity index (χ0) is 40.0. The van der Waals surface area contributed by atoms with Crippen LogP contribution >= 0.6 is 0 Å². The van der Waals surface area contributed by atoms with E-state index in [1.807, 2.05) is 0 Å². The highest BCUT2D eigenvalue weighted by atomic mass is 15.0. The van der Waals surface area contributed by atoms with Gasteiger partial charge in [0.25, 0.3) is 0 Å². The summed E-state index contributed by atoms with van der Waals surface area (Å²) in [7, 11) is 0. The Morgan fingerprint density at radius 2 is 0.918 bits per heavy atom. The van der Waals surface area contributed by atoms with Gasteiger partial charge < -0.3 is 9.13 Å². The van der Waals surface area contributed by atoms with Gasteiger partial charge in [-0.05, 0) is 110 Å². The van der Waals surface area contributed by atoms with Gasteiger partial charge >= 0.3 is 0 Å². The number of rotatable bonds is 5. The van der Waals surface area contributed by atoms with Crippen LogP contribution in [-0.2, 0) is 0 Å². The lowest BCUT2D eigenvalue weighted by Crippen LogP contribution is -2.00. The van der Waals surface area contributed by atoms with Crippen molar-refractivity contribution in [1.82, 2.24) is 9.13 Å². The molecule has 2 heterocycles. The van der Waals surface area contributed by atoms with E-state index in [9.17, 15) is 0 Å². The maximum atomic E-state index is 2.48. The third-order valence-electron chi connectivity index (χ3n) is 13.2. The molecule has 284 valence electrons. The second-order valence-corrected chi connectivity index (χ2v) is 16.4. The molecule has 0 amide bonds. The SMILES string of the molecule is c1ccc(-c2ccc(-n3c4ccc(-c5ccc6c(c5)c5ccccc5n6-c5cccc6ccccc56)cc4c4c5c(ccc43)-c3ccccc3C5c3ccccc3)cc2)cc1. The van der Waals surface area contributed by atoms with Crippen LogP contribution in [0, 0.1) is 0 Å². The van der Waals surface area contributed by atoms with E-state index in [1.54, 1.807) is 0 Å². The number of nitrogens with zero attached hydrogens (tertiary/aromatic N) is 2. The maximum absolute atomic E-state index is 2.48. The summed E-state index contributed by atoms with van der Waals surface area (Å²) in [6.07, 6.45) is 0. The molecule has 0 saturated heterocycles. The molecule has 0 radical (unpaired) electrons. The summed E-state index contributed by atoms with van der Waals surface area (Å²) in [5, 5.41) is 7.58. The first-order valence-corrected chi connectivity index (χ1v) is 21.2. The van der Waals surface area contributed by atoms with Crippen molar-refractivity contribution in [3.05, 3.63) is 241 Å². The average molecular weight is 775 g/mol. The third kappa shape index (κ3) is 5.09. The third-order valence-corrected chi connectivity index (χ3v) is 13.2. The normalized spacial score (nSPS) is 13.4.